The third-order valence-electron chi connectivity index (χ3n) is 2.24. The molecule has 4 nitrogen and oxygen atoms in total. The van der Waals surface area contributed by atoms with Crippen molar-refractivity contribution < 1.29 is 0 Å². The molecule has 0 saturated heterocycles. The van der Waals surface area contributed by atoms with Gasteiger partial charge in [0, 0.05) is 18.8 Å². The van der Waals surface area contributed by atoms with Crippen molar-refractivity contribution in [2.24, 2.45) is 4.99 Å². The largest absolute Gasteiger partial charge is 0.372 e. The van der Waals surface area contributed by atoms with Gasteiger partial charge in [0.2, 0.25) is 0 Å². The van der Waals surface area contributed by atoms with Crippen molar-refractivity contribution >= 4 is 18.5 Å². The van der Waals surface area contributed by atoms with Crippen LogP contribution in [-0.4, -0.2) is 23.7 Å². The predicted molar refractivity (Wildman–Crippen MR) is 66.2 cm³/mol. The van der Waals surface area contributed by atoms with Gasteiger partial charge < -0.3 is 5.32 Å². The minimum Gasteiger partial charge on any atom is -0.372 e. The van der Waals surface area contributed by atoms with E-state index in [2.05, 4.69) is 27.0 Å². The van der Waals surface area contributed by atoms with Crippen LogP contribution in [0.4, 0.5) is 11.8 Å². The molecule has 0 spiro atoms. The number of aromatic nitrogens is 2. The zero-order chi connectivity index (χ0) is 11.4. The fourth-order valence-corrected chi connectivity index (χ4v) is 1.47. The Balaban J connectivity index is 2.53. The van der Waals surface area contributed by atoms with Gasteiger partial charge in [0.05, 0.1) is 0 Å². The van der Waals surface area contributed by atoms with Gasteiger partial charge in [0.1, 0.15) is 5.82 Å². The second-order valence-electron chi connectivity index (χ2n) is 3.21. The number of hydrogen-bond acceptors (Lipinski definition) is 4. The Kier molecular flexibility index (Phi) is 2.91. The Labute approximate surface area is 94.1 Å². The average Bonchev–Trinajstić information content (AvgIpc) is 2.39. The molecule has 0 atom stereocenters. The summed E-state index contributed by atoms with van der Waals surface area (Å²) in [6, 6.07) is 9.97. The zero-order valence-electron chi connectivity index (χ0n) is 9.01. The summed E-state index contributed by atoms with van der Waals surface area (Å²) in [5.41, 5.74) is 2.03. The highest BCUT2D eigenvalue weighted by molar-refractivity contribution is 5.74. The van der Waals surface area contributed by atoms with Crippen LogP contribution < -0.4 is 5.32 Å². The molecule has 1 heterocycles. The van der Waals surface area contributed by atoms with Crippen LogP contribution >= 0.6 is 0 Å². The lowest BCUT2D eigenvalue weighted by atomic mass is 10.1. The number of nitrogens with zero attached hydrogens (tertiary/aromatic N) is 3. The van der Waals surface area contributed by atoms with Crippen molar-refractivity contribution in [2.75, 3.05) is 12.4 Å². The smallest absolute Gasteiger partial charge is 0.250 e. The van der Waals surface area contributed by atoms with E-state index in [0.29, 0.717) is 5.95 Å². The van der Waals surface area contributed by atoms with Crippen molar-refractivity contribution in [1.82, 2.24) is 9.97 Å². The van der Waals surface area contributed by atoms with Crippen LogP contribution in [-0.2, 0) is 0 Å². The maximum absolute atomic E-state index is 4.23. The molecule has 1 aromatic heterocycles. The Bertz CT molecular complexity index is 494. The highest BCUT2D eigenvalue weighted by Crippen LogP contribution is 2.26. The molecular formula is C12H12N4. The summed E-state index contributed by atoms with van der Waals surface area (Å²) in [6.07, 6.45) is 1.75. The fourth-order valence-electron chi connectivity index (χ4n) is 1.47. The third-order valence-corrected chi connectivity index (χ3v) is 2.24. The van der Waals surface area contributed by atoms with Crippen molar-refractivity contribution in [3.05, 3.63) is 36.5 Å². The van der Waals surface area contributed by atoms with Crippen LogP contribution in [0.2, 0.25) is 0 Å². The third kappa shape index (κ3) is 1.91. The van der Waals surface area contributed by atoms with Gasteiger partial charge in [-0.1, -0.05) is 30.3 Å². The Morgan fingerprint density at radius 3 is 2.62 bits per heavy atom. The zero-order valence-corrected chi connectivity index (χ0v) is 9.01. The molecule has 4 heteroatoms. The molecule has 2 rings (SSSR count). The first-order valence-corrected chi connectivity index (χ1v) is 4.92. The normalized spacial score (nSPS) is 9.81. The molecule has 1 aromatic carbocycles. The van der Waals surface area contributed by atoms with Gasteiger partial charge >= 0.3 is 0 Å². The van der Waals surface area contributed by atoms with E-state index >= 15 is 0 Å². The highest BCUT2D eigenvalue weighted by atomic mass is 15.1. The van der Waals surface area contributed by atoms with Gasteiger partial charge in [-0.3, -0.25) is 0 Å². The van der Waals surface area contributed by atoms with Crippen molar-refractivity contribution in [3.8, 4) is 11.1 Å². The summed E-state index contributed by atoms with van der Waals surface area (Å²) in [5.74, 6) is 1.13. The number of anilines is 1. The molecular weight excluding hydrogens is 200 g/mol. The second-order valence-corrected chi connectivity index (χ2v) is 3.21. The lowest BCUT2D eigenvalue weighted by Gasteiger charge is -2.07. The Morgan fingerprint density at radius 2 is 2.00 bits per heavy atom. The van der Waals surface area contributed by atoms with Gasteiger partial charge in [-0.05, 0) is 12.3 Å². The van der Waals surface area contributed by atoms with Crippen LogP contribution in [0.5, 0.6) is 0 Å². The molecule has 0 amide bonds. The van der Waals surface area contributed by atoms with Gasteiger partial charge in [0.15, 0.2) is 0 Å². The van der Waals surface area contributed by atoms with Crippen molar-refractivity contribution in [2.45, 2.75) is 0 Å². The number of hydrogen-bond donors (Lipinski definition) is 1. The number of rotatable bonds is 3. The molecule has 16 heavy (non-hydrogen) atoms. The minimum absolute atomic E-state index is 0.379. The predicted octanol–water partition coefficient (Wildman–Crippen LogP) is 2.52. The van der Waals surface area contributed by atoms with E-state index in [1.54, 1.807) is 6.20 Å². The minimum atomic E-state index is 0.379. The summed E-state index contributed by atoms with van der Waals surface area (Å²) < 4.78 is 0. The molecule has 0 aliphatic heterocycles. The van der Waals surface area contributed by atoms with E-state index in [1.165, 1.54) is 0 Å². The van der Waals surface area contributed by atoms with Crippen LogP contribution in [0.3, 0.4) is 0 Å². The fraction of sp³-hybridized carbons (Fsp3) is 0.0833. The molecule has 0 fully saturated rings. The number of benzene rings is 1. The van der Waals surface area contributed by atoms with E-state index in [9.17, 15) is 0 Å². The van der Waals surface area contributed by atoms with Gasteiger partial charge in [0.25, 0.3) is 5.95 Å². The molecule has 80 valence electrons. The first-order valence-electron chi connectivity index (χ1n) is 4.92. The maximum atomic E-state index is 4.23. The van der Waals surface area contributed by atoms with Crippen LogP contribution in [0.15, 0.2) is 41.5 Å². The summed E-state index contributed by atoms with van der Waals surface area (Å²) in [7, 11) is 1.82. The van der Waals surface area contributed by atoms with Crippen LogP contribution in [0.25, 0.3) is 11.1 Å². The molecule has 0 radical (unpaired) electrons. The molecule has 0 bridgehead atoms. The standard InChI is InChI=1S/C12H12N4/c1-13-11-10(8-15-12(14-2)16-11)9-6-4-3-5-7-9/h3-8H,2H2,1H3,(H,13,15,16). The van der Waals surface area contributed by atoms with E-state index in [4.69, 9.17) is 0 Å². The van der Waals surface area contributed by atoms with Gasteiger partial charge in [-0.25, -0.2) is 9.98 Å². The van der Waals surface area contributed by atoms with E-state index in [0.717, 1.165) is 16.9 Å². The van der Waals surface area contributed by atoms with Crippen LogP contribution in [0, 0.1) is 0 Å². The Hall–Kier alpha value is -2.23. The summed E-state index contributed by atoms with van der Waals surface area (Å²) in [5, 5.41) is 3.03. The molecule has 0 aliphatic carbocycles. The number of aliphatic imine (C=N–C) groups is 1. The monoisotopic (exact) mass is 212 g/mol. The highest BCUT2D eigenvalue weighted by Gasteiger charge is 2.06. The van der Waals surface area contributed by atoms with Crippen LogP contribution in [0.1, 0.15) is 0 Å². The van der Waals surface area contributed by atoms with E-state index in [1.807, 2.05) is 37.4 Å². The topological polar surface area (TPSA) is 50.2 Å². The SMILES string of the molecule is C=Nc1ncc(-c2ccccc2)c(NC)n1. The molecule has 2 aromatic rings. The van der Waals surface area contributed by atoms with Crippen molar-refractivity contribution in [3.63, 3.8) is 0 Å². The van der Waals surface area contributed by atoms with Crippen molar-refractivity contribution in [1.29, 1.82) is 0 Å². The van der Waals surface area contributed by atoms with E-state index < -0.39 is 0 Å². The summed E-state index contributed by atoms with van der Waals surface area (Å²) in [6.45, 7) is 3.41. The summed E-state index contributed by atoms with van der Waals surface area (Å²) in [4.78, 5) is 12.0. The van der Waals surface area contributed by atoms with Gasteiger partial charge in [-0.15, -0.1) is 0 Å². The number of nitrogens with one attached hydrogen (secondary N) is 1. The average molecular weight is 212 g/mol. The molecule has 1 N–H and O–H groups in total. The molecule has 0 aliphatic rings. The van der Waals surface area contributed by atoms with Gasteiger partial charge in [-0.2, -0.15) is 4.98 Å². The molecule has 0 saturated carbocycles. The second kappa shape index (κ2) is 4.53. The maximum Gasteiger partial charge on any atom is 0.250 e. The van der Waals surface area contributed by atoms with E-state index in [-0.39, 0.29) is 0 Å². The summed E-state index contributed by atoms with van der Waals surface area (Å²) >= 11 is 0. The lowest BCUT2D eigenvalue weighted by molar-refractivity contribution is 1.14. The molecule has 0 unspecified atom stereocenters. The first kappa shape index (κ1) is 10.3. The Morgan fingerprint density at radius 1 is 1.25 bits per heavy atom. The first-order chi connectivity index (χ1) is 7.85. The lowest BCUT2D eigenvalue weighted by Crippen LogP contribution is -1.97. The quantitative estimate of drug-likeness (QED) is 0.795.